The van der Waals surface area contributed by atoms with Crippen molar-refractivity contribution in [2.75, 3.05) is 52.6 Å². The number of nitrogens with zero attached hydrogens (tertiary/aromatic N) is 2. The van der Waals surface area contributed by atoms with Gasteiger partial charge in [-0.3, -0.25) is 9.59 Å². The van der Waals surface area contributed by atoms with Gasteiger partial charge in [0.1, 0.15) is 6.04 Å². The number of likely N-dealkylation sites (tertiary alicyclic amines) is 1. The van der Waals surface area contributed by atoms with Crippen LogP contribution in [0.2, 0.25) is 0 Å². The first-order chi connectivity index (χ1) is 13.7. The van der Waals surface area contributed by atoms with Gasteiger partial charge in [0.25, 0.3) is 5.91 Å². The molecule has 0 spiro atoms. The Kier molecular flexibility index (Phi) is 5.97. The van der Waals surface area contributed by atoms with E-state index in [4.69, 9.17) is 9.47 Å². The molecule has 3 aliphatic rings. The van der Waals surface area contributed by atoms with Gasteiger partial charge in [-0.05, 0) is 44.0 Å². The minimum absolute atomic E-state index is 0.0492. The highest BCUT2D eigenvalue weighted by atomic mass is 16.7. The van der Waals surface area contributed by atoms with Gasteiger partial charge in [0.2, 0.25) is 12.7 Å². The number of rotatable bonds is 6. The normalized spacial score (nSPS) is 21.7. The number of benzene rings is 1. The Labute approximate surface area is 165 Å². The maximum Gasteiger partial charge on any atom is 0.254 e. The number of ether oxygens (including phenoxy) is 2. The summed E-state index contributed by atoms with van der Waals surface area (Å²) in [4.78, 5) is 29.7. The van der Waals surface area contributed by atoms with E-state index in [2.05, 4.69) is 15.5 Å². The van der Waals surface area contributed by atoms with Crippen LogP contribution >= 0.6 is 0 Å². The molecule has 0 radical (unpaired) electrons. The fraction of sp³-hybridized carbons (Fsp3) is 0.600. The van der Waals surface area contributed by atoms with Crippen molar-refractivity contribution in [1.82, 2.24) is 20.4 Å². The van der Waals surface area contributed by atoms with E-state index < -0.39 is 6.04 Å². The summed E-state index contributed by atoms with van der Waals surface area (Å²) < 4.78 is 10.7. The molecule has 2 amide bonds. The summed E-state index contributed by atoms with van der Waals surface area (Å²) in [5.74, 6) is 1.05. The van der Waals surface area contributed by atoms with Gasteiger partial charge in [0.05, 0.1) is 0 Å². The highest BCUT2D eigenvalue weighted by Crippen LogP contribution is 2.33. The second kappa shape index (κ2) is 8.79. The van der Waals surface area contributed by atoms with Crippen LogP contribution in [-0.4, -0.2) is 80.3 Å². The fourth-order valence-corrected chi connectivity index (χ4v) is 4.04. The smallest absolute Gasteiger partial charge is 0.254 e. The number of nitrogens with one attached hydrogen (secondary N) is 2. The zero-order chi connectivity index (χ0) is 19.3. The van der Waals surface area contributed by atoms with E-state index in [9.17, 15) is 9.59 Å². The summed E-state index contributed by atoms with van der Waals surface area (Å²) in [6.07, 6.45) is 2.48. The van der Waals surface area contributed by atoms with Crippen molar-refractivity contribution < 1.29 is 19.1 Å². The molecule has 0 aliphatic carbocycles. The van der Waals surface area contributed by atoms with Gasteiger partial charge >= 0.3 is 0 Å². The summed E-state index contributed by atoms with van der Waals surface area (Å²) in [5.41, 5.74) is 0.530. The molecule has 152 valence electrons. The molecule has 2 fully saturated rings. The number of carbonyl (C=O) groups excluding carboxylic acids is 2. The molecule has 3 heterocycles. The summed E-state index contributed by atoms with van der Waals surface area (Å²) in [6, 6.07) is 4.79. The van der Waals surface area contributed by atoms with E-state index in [-0.39, 0.29) is 18.6 Å². The largest absolute Gasteiger partial charge is 0.454 e. The first-order valence-electron chi connectivity index (χ1n) is 10.1. The Morgan fingerprint density at radius 1 is 1.14 bits per heavy atom. The molecule has 1 aromatic rings. The van der Waals surface area contributed by atoms with Crippen molar-refractivity contribution >= 4 is 11.8 Å². The standard InChI is InChI=1S/C20H28N4O4/c25-19(22-6-2-9-23-11-7-21-8-12-23)16-3-1-10-24(16)20(26)15-4-5-17-18(13-15)28-14-27-17/h4-5,13,16,21H,1-3,6-12,14H2,(H,22,25). The van der Waals surface area contributed by atoms with Crippen molar-refractivity contribution in [2.45, 2.75) is 25.3 Å². The lowest BCUT2D eigenvalue weighted by Gasteiger charge is -2.27. The Bertz CT molecular complexity index is 720. The third-order valence-electron chi connectivity index (χ3n) is 5.60. The minimum Gasteiger partial charge on any atom is -0.454 e. The van der Waals surface area contributed by atoms with Gasteiger partial charge in [-0.15, -0.1) is 0 Å². The van der Waals surface area contributed by atoms with Crippen molar-refractivity contribution in [1.29, 1.82) is 0 Å². The van der Waals surface area contributed by atoms with E-state index in [0.29, 0.717) is 36.6 Å². The summed E-state index contributed by atoms with van der Waals surface area (Å²) >= 11 is 0. The first-order valence-corrected chi connectivity index (χ1v) is 10.1. The molecule has 0 saturated carbocycles. The average molecular weight is 388 g/mol. The number of hydrogen-bond donors (Lipinski definition) is 2. The van der Waals surface area contributed by atoms with Crippen LogP contribution in [0.5, 0.6) is 11.5 Å². The monoisotopic (exact) mass is 388 g/mol. The zero-order valence-electron chi connectivity index (χ0n) is 16.1. The van der Waals surface area contributed by atoms with Gasteiger partial charge in [0, 0.05) is 44.8 Å². The lowest BCUT2D eigenvalue weighted by Crippen LogP contribution is -2.47. The third-order valence-corrected chi connectivity index (χ3v) is 5.60. The predicted molar refractivity (Wildman–Crippen MR) is 104 cm³/mol. The molecule has 0 bridgehead atoms. The van der Waals surface area contributed by atoms with Crippen molar-refractivity contribution in [3.8, 4) is 11.5 Å². The van der Waals surface area contributed by atoms with Gasteiger partial charge < -0.3 is 29.9 Å². The SMILES string of the molecule is O=C(NCCCN1CCNCC1)C1CCCN1C(=O)c1ccc2c(c1)OCO2. The summed E-state index contributed by atoms with van der Waals surface area (Å²) in [5, 5.41) is 6.36. The van der Waals surface area contributed by atoms with Crippen LogP contribution in [0.4, 0.5) is 0 Å². The molecule has 2 N–H and O–H groups in total. The zero-order valence-corrected chi connectivity index (χ0v) is 16.1. The van der Waals surface area contributed by atoms with Crippen LogP contribution < -0.4 is 20.1 Å². The molecule has 0 aromatic heterocycles. The van der Waals surface area contributed by atoms with Crippen LogP contribution in [0.1, 0.15) is 29.6 Å². The quantitative estimate of drug-likeness (QED) is 0.688. The number of piperazine rings is 1. The van der Waals surface area contributed by atoms with Gasteiger partial charge in [-0.2, -0.15) is 0 Å². The lowest BCUT2D eigenvalue weighted by atomic mass is 10.1. The predicted octanol–water partition coefficient (Wildman–Crippen LogP) is 0.431. The van der Waals surface area contributed by atoms with Crippen LogP contribution in [0.15, 0.2) is 18.2 Å². The fourth-order valence-electron chi connectivity index (χ4n) is 4.04. The van der Waals surface area contributed by atoms with Crippen LogP contribution in [-0.2, 0) is 4.79 Å². The Hall–Kier alpha value is -2.32. The van der Waals surface area contributed by atoms with Crippen molar-refractivity contribution in [3.05, 3.63) is 23.8 Å². The summed E-state index contributed by atoms with van der Waals surface area (Å²) in [7, 11) is 0. The Balaban J connectivity index is 1.28. The third kappa shape index (κ3) is 4.23. The molecule has 8 nitrogen and oxygen atoms in total. The van der Waals surface area contributed by atoms with E-state index >= 15 is 0 Å². The number of carbonyl (C=O) groups is 2. The van der Waals surface area contributed by atoms with Crippen molar-refractivity contribution in [2.24, 2.45) is 0 Å². The molecule has 1 atom stereocenters. The average Bonchev–Trinajstić information content (AvgIpc) is 3.40. The number of amides is 2. The van der Waals surface area contributed by atoms with Crippen LogP contribution in [0.3, 0.4) is 0 Å². The molecule has 8 heteroatoms. The van der Waals surface area contributed by atoms with E-state index in [1.807, 2.05) is 0 Å². The number of hydrogen-bond acceptors (Lipinski definition) is 6. The van der Waals surface area contributed by atoms with Crippen molar-refractivity contribution in [3.63, 3.8) is 0 Å². The molecule has 4 rings (SSSR count). The summed E-state index contributed by atoms with van der Waals surface area (Å²) in [6.45, 7) is 6.61. The number of fused-ring (bicyclic) bond motifs is 1. The maximum absolute atomic E-state index is 12.9. The van der Waals surface area contributed by atoms with Crippen LogP contribution in [0.25, 0.3) is 0 Å². The molecular weight excluding hydrogens is 360 g/mol. The Morgan fingerprint density at radius 3 is 2.82 bits per heavy atom. The lowest BCUT2D eigenvalue weighted by molar-refractivity contribution is -0.124. The Morgan fingerprint density at radius 2 is 1.96 bits per heavy atom. The van der Waals surface area contributed by atoms with E-state index in [1.165, 1.54) is 0 Å². The molecule has 2 saturated heterocycles. The van der Waals surface area contributed by atoms with Gasteiger partial charge in [-0.1, -0.05) is 0 Å². The highest BCUT2D eigenvalue weighted by Gasteiger charge is 2.34. The molecule has 1 unspecified atom stereocenters. The minimum atomic E-state index is -0.392. The highest BCUT2D eigenvalue weighted by molar-refractivity contribution is 5.98. The first kappa shape index (κ1) is 19.0. The van der Waals surface area contributed by atoms with Gasteiger partial charge in [-0.25, -0.2) is 0 Å². The van der Waals surface area contributed by atoms with Gasteiger partial charge in [0.15, 0.2) is 11.5 Å². The van der Waals surface area contributed by atoms with E-state index in [1.54, 1.807) is 23.1 Å². The molecular formula is C20H28N4O4. The topological polar surface area (TPSA) is 83.1 Å². The molecule has 28 heavy (non-hydrogen) atoms. The molecule has 3 aliphatic heterocycles. The van der Waals surface area contributed by atoms with Crippen LogP contribution in [0, 0.1) is 0 Å². The second-order valence-corrected chi connectivity index (χ2v) is 7.46. The second-order valence-electron chi connectivity index (χ2n) is 7.46. The van der Waals surface area contributed by atoms with E-state index in [0.717, 1.165) is 45.6 Å². The molecule has 1 aromatic carbocycles. The maximum atomic E-state index is 12.9.